The van der Waals surface area contributed by atoms with E-state index in [9.17, 15) is 15.0 Å². The molecule has 22 heavy (non-hydrogen) atoms. The van der Waals surface area contributed by atoms with E-state index in [0.717, 1.165) is 11.3 Å². The Bertz CT molecular complexity index is 661. The number of aromatic carboxylic acids is 1. The molecule has 5 heteroatoms. The number of phenols is 1. The third-order valence-corrected chi connectivity index (χ3v) is 3.48. The van der Waals surface area contributed by atoms with Crippen molar-refractivity contribution in [1.82, 2.24) is 0 Å². The Hall–Kier alpha value is -2.69. The first-order valence-corrected chi connectivity index (χ1v) is 6.82. The number of hydrogen-bond donors (Lipinski definition) is 2. The first-order valence-electron chi connectivity index (χ1n) is 6.82. The molecule has 0 radical (unpaired) electrons. The van der Waals surface area contributed by atoms with Crippen LogP contribution < -0.4 is 9.47 Å². The molecule has 0 aromatic heterocycles. The molecule has 0 atom stereocenters. The normalized spacial score (nSPS) is 10.3. The predicted octanol–water partition coefficient (Wildman–Crippen LogP) is 2.89. The maximum absolute atomic E-state index is 11.4. The lowest BCUT2D eigenvalue weighted by Crippen LogP contribution is -2.07. The second-order valence-corrected chi connectivity index (χ2v) is 4.81. The highest BCUT2D eigenvalue weighted by molar-refractivity contribution is 5.93. The molecular weight excluding hydrogens is 284 g/mol. The van der Waals surface area contributed by atoms with E-state index < -0.39 is 5.97 Å². The van der Waals surface area contributed by atoms with E-state index in [-0.39, 0.29) is 17.1 Å². The van der Waals surface area contributed by atoms with E-state index in [1.165, 1.54) is 13.2 Å². The van der Waals surface area contributed by atoms with Crippen molar-refractivity contribution in [3.8, 4) is 17.2 Å². The Kier molecular flexibility index (Phi) is 4.88. The summed E-state index contributed by atoms with van der Waals surface area (Å²) in [6.45, 7) is 0. The van der Waals surface area contributed by atoms with E-state index in [1.54, 1.807) is 13.2 Å². The van der Waals surface area contributed by atoms with E-state index in [2.05, 4.69) is 0 Å². The Morgan fingerprint density at radius 1 is 1.00 bits per heavy atom. The first-order chi connectivity index (χ1) is 10.6. The second-order valence-electron chi connectivity index (χ2n) is 4.81. The summed E-state index contributed by atoms with van der Waals surface area (Å²) >= 11 is 0. The number of aromatic hydroxyl groups is 1. The largest absolute Gasteiger partial charge is 0.504 e. The molecule has 0 aliphatic heterocycles. The van der Waals surface area contributed by atoms with E-state index >= 15 is 0 Å². The molecule has 0 bridgehead atoms. The van der Waals surface area contributed by atoms with Crippen molar-refractivity contribution >= 4 is 5.97 Å². The van der Waals surface area contributed by atoms with Crippen molar-refractivity contribution in [3.05, 3.63) is 53.1 Å². The summed E-state index contributed by atoms with van der Waals surface area (Å²) < 4.78 is 10.1. The lowest BCUT2D eigenvalue weighted by atomic mass is 9.98. The van der Waals surface area contributed by atoms with E-state index in [0.29, 0.717) is 18.4 Å². The molecule has 0 saturated carbocycles. The summed E-state index contributed by atoms with van der Waals surface area (Å²) in [5.41, 5.74) is 1.71. The minimum absolute atomic E-state index is 0.000249. The van der Waals surface area contributed by atoms with Crippen LogP contribution >= 0.6 is 0 Å². The van der Waals surface area contributed by atoms with Crippen LogP contribution in [0.5, 0.6) is 17.2 Å². The van der Waals surface area contributed by atoms with Crippen LogP contribution in [0, 0.1) is 0 Å². The van der Waals surface area contributed by atoms with Crippen molar-refractivity contribution in [3.63, 3.8) is 0 Å². The maximum Gasteiger partial charge on any atom is 0.339 e. The molecule has 2 aromatic rings. The summed E-state index contributed by atoms with van der Waals surface area (Å²) in [5, 5.41) is 19.1. The molecular formula is C17H18O5. The highest BCUT2D eigenvalue weighted by Gasteiger charge is 2.19. The van der Waals surface area contributed by atoms with Crippen LogP contribution in [0.25, 0.3) is 0 Å². The van der Waals surface area contributed by atoms with E-state index in [4.69, 9.17) is 9.47 Å². The number of rotatable bonds is 6. The lowest BCUT2D eigenvalue weighted by molar-refractivity contribution is 0.0691. The Morgan fingerprint density at radius 3 is 2.23 bits per heavy atom. The van der Waals surface area contributed by atoms with Crippen LogP contribution in [0.3, 0.4) is 0 Å². The van der Waals surface area contributed by atoms with Gasteiger partial charge in [0.05, 0.1) is 14.2 Å². The third-order valence-electron chi connectivity index (χ3n) is 3.48. The fraction of sp³-hybridized carbons (Fsp3) is 0.235. The number of carbonyl (C=O) groups is 1. The lowest BCUT2D eigenvalue weighted by Gasteiger charge is -2.12. The molecule has 116 valence electrons. The van der Waals surface area contributed by atoms with Crippen LogP contribution in [0.1, 0.15) is 21.5 Å². The van der Waals surface area contributed by atoms with Crippen molar-refractivity contribution in [2.24, 2.45) is 0 Å². The number of carboxylic acid groups (broad SMARTS) is 1. The number of phenolic OH excluding ortho intramolecular Hbond substituents is 1. The molecule has 2 N–H and O–H groups in total. The topological polar surface area (TPSA) is 76.0 Å². The quantitative estimate of drug-likeness (QED) is 0.858. The van der Waals surface area contributed by atoms with Gasteiger partial charge in [-0.2, -0.15) is 0 Å². The van der Waals surface area contributed by atoms with Crippen molar-refractivity contribution in [2.45, 2.75) is 12.8 Å². The Balaban J connectivity index is 2.23. The molecule has 0 amide bonds. The van der Waals surface area contributed by atoms with Gasteiger partial charge in [-0.15, -0.1) is 0 Å². The number of carboxylic acids is 1. The molecule has 2 aromatic carbocycles. The van der Waals surface area contributed by atoms with Crippen LogP contribution in [0.2, 0.25) is 0 Å². The predicted molar refractivity (Wildman–Crippen MR) is 82.0 cm³/mol. The van der Waals surface area contributed by atoms with Gasteiger partial charge in [-0.3, -0.25) is 0 Å². The zero-order chi connectivity index (χ0) is 16.1. The van der Waals surface area contributed by atoms with Crippen molar-refractivity contribution in [1.29, 1.82) is 0 Å². The SMILES string of the molecule is COc1ccc(CCc2ccc(O)c(OC)c2C(=O)O)cc1. The maximum atomic E-state index is 11.4. The van der Waals surface area contributed by atoms with E-state index in [1.807, 2.05) is 24.3 Å². The Labute approximate surface area is 128 Å². The second kappa shape index (κ2) is 6.85. The van der Waals surface area contributed by atoms with Gasteiger partial charge in [-0.1, -0.05) is 18.2 Å². The fourth-order valence-corrected chi connectivity index (χ4v) is 2.33. The standard InChI is InChI=1S/C17H18O5/c1-21-13-8-4-11(5-9-13)3-6-12-7-10-14(18)16(22-2)15(12)17(19)20/h4-5,7-10,18H,3,6H2,1-2H3,(H,19,20). The third kappa shape index (κ3) is 3.31. The average molecular weight is 302 g/mol. The smallest absolute Gasteiger partial charge is 0.339 e. The monoisotopic (exact) mass is 302 g/mol. The van der Waals surface area contributed by atoms with Gasteiger partial charge in [0.1, 0.15) is 11.3 Å². The van der Waals surface area contributed by atoms with Gasteiger partial charge < -0.3 is 19.7 Å². The number of methoxy groups -OCH3 is 2. The molecule has 0 spiro atoms. The molecule has 5 nitrogen and oxygen atoms in total. The zero-order valence-electron chi connectivity index (χ0n) is 12.5. The molecule has 0 saturated heterocycles. The van der Waals surface area contributed by atoms with Crippen LogP contribution in [-0.2, 0) is 12.8 Å². The van der Waals surface area contributed by atoms with Gasteiger partial charge in [0.15, 0.2) is 11.5 Å². The van der Waals surface area contributed by atoms with Gasteiger partial charge in [0.2, 0.25) is 0 Å². The number of hydrogen-bond acceptors (Lipinski definition) is 4. The van der Waals surface area contributed by atoms with Crippen LogP contribution in [0.15, 0.2) is 36.4 Å². The minimum Gasteiger partial charge on any atom is -0.504 e. The molecule has 0 aliphatic carbocycles. The number of benzene rings is 2. The highest BCUT2D eigenvalue weighted by atomic mass is 16.5. The van der Waals surface area contributed by atoms with Gasteiger partial charge in [0, 0.05) is 0 Å². The number of ether oxygens (including phenoxy) is 2. The molecule has 0 heterocycles. The molecule has 0 unspecified atom stereocenters. The molecule has 0 fully saturated rings. The van der Waals surface area contributed by atoms with Crippen LogP contribution in [0.4, 0.5) is 0 Å². The summed E-state index contributed by atoms with van der Waals surface area (Å²) in [4.78, 5) is 11.4. The average Bonchev–Trinajstić information content (AvgIpc) is 2.53. The summed E-state index contributed by atoms with van der Waals surface area (Å²) in [7, 11) is 2.95. The van der Waals surface area contributed by atoms with Gasteiger partial charge >= 0.3 is 5.97 Å². The summed E-state index contributed by atoms with van der Waals surface area (Å²) in [6, 6.07) is 10.7. The first kappa shape index (κ1) is 15.7. The summed E-state index contributed by atoms with van der Waals surface area (Å²) in [5.74, 6) is -0.508. The van der Waals surface area contributed by atoms with Crippen LogP contribution in [-0.4, -0.2) is 30.4 Å². The van der Waals surface area contributed by atoms with Gasteiger partial charge in [0.25, 0.3) is 0 Å². The van der Waals surface area contributed by atoms with Crippen molar-refractivity contribution in [2.75, 3.05) is 14.2 Å². The fourth-order valence-electron chi connectivity index (χ4n) is 2.33. The van der Waals surface area contributed by atoms with Gasteiger partial charge in [-0.05, 0) is 42.2 Å². The summed E-state index contributed by atoms with van der Waals surface area (Å²) in [6.07, 6.45) is 1.21. The van der Waals surface area contributed by atoms with Gasteiger partial charge in [-0.25, -0.2) is 4.79 Å². The Morgan fingerprint density at radius 2 is 1.68 bits per heavy atom. The van der Waals surface area contributed by atoms with Crippen molar-refractivity contribution < 1.29 is 24.5 Å². The minimum atomic E-state index is -1.11. The zero-order valence-corrected chi connectivity index (χ0v) is 12.5. The number of aryl methyl sites for hydroxylation is 2. The highest BCUT2D eigenvalue weighted by Crippen LogP contribution is 2.33. The molecule has 2 rings (SSSR count). The molecule has 0 aliphatic rings.